The Morgan fingerprint density at radius 1 is 1.22 bits per heavy atom. The molecule has 4 nitrogen and oxygen atoms in total. The van der Waals surface area contributed by atoms with Gasteiger partial charge in [-0.1, -0.05) is 0 Å². The summed E-state index contributed by atoms with van der Waals surface area (Å²) in [7, 11) is 4.47. The Bertz CT molecular complexity index is 456. The molecule has 0 fully saturated rings. The predicted molar refractivity (Wildman–Crippen MR) is 63.9 cm³/mol. The van der Waals surface area contributed by atoms with Crippen LogP contribution >= 0.6 is 0 Å². The van der Waals surface area contributed by atoms with Crippen LogP contribution in [0.25, 0.3) is 0 Å². The predicted octanol–water partition coefficient (Wildman–Crippen LogP) is 2.43. The van der Waals surface area contributed by atoms with Gasteiger partial charge in [-0.2, -0.15) is 5.26 Å². The van der Waals surface area contributed by atoms with Gasteiger partial charge >= 0.3 is 0 Å². The van der Waals surface area contributed by atoms with E-state index >= 15 is 0 Å². The zero-order valence-corrected chi connectivity index (χ0v) is 10.9. The van der Waals surface area contributed by atoms with E-state index in [1.807, 2.05) is 6.92 Å². The van der Waals surface area contributed by atoms with Gasteiger partial charge in [0.2, 0.25) is 0 Å². The van der Waals surface area contributed by atoms with E-state index in [2.05, 4.69) is 0 Å². The topological polar surface area (TPSA) is 51.5 Å². The van der Waals surface area contributed by atoms with Gasteiger partial charge < -0.3 is 14.2 Å². The average Bonchev–Trinajstić information content (AvgIpc) is 2.40. The molecule has 0 saturated carbocycles. The number of rotatable bonds is 5. The maximum atomic E-state index is 13.5. The number of benzene rings is 1. The summed E-state index contributed by atoms with van der Waals surface area (Å²) < 4.78 is 29.2. The van der Waals surface area contributed by atoms with Crippen molar-refractivity contribution in [1.82, 2.24) is 0 Å². The zero-order valence-electron chi connectivity index (χ0n) is 10.9. The molecule has 98 valence electrons. The lowest BCUT2D eigenvalue weighted by Gasteiger charge is -2.24. The van der Waals surface area contributed by atoms with E-state index in [0.717, 1.165) is 0 Å². The van der Waals surface area contributed by atoms with Crippen molar-refractivity contribution in [3.8, 4) is 11.8 Å². The maximum absolute atomic E-state index is 13.5. The van der Waals surface area contributed by atoms with Gasteiger partial charge in [-0.15, -0.1) is 0 Å². The molecule has 1 aromatic rings. The molecule has 0 aliphatic heterocycles. The van der Waals surface area contributed by atoms with Crippen molar-refractivity contribution < 1.29 is 18.6 Å². The first-order valence-electron chi connectivity index (χ1n) is 5.42. The van der Waals surface area contributed by atoms with Crippen molar-refractivity contribution in [2.75, 3.05) is 21.3 Å². The number of hydrogen-bond acceptors (Lipinski definition) is 4. The maximum Gasteiger partial charge on any atom is 0.145 e. The molecule has 1 unspecified atom stereocenters. The third-order valence-corrected chi connectivity index (χ3v) is 2.81. The summed E-state index contributed by atoms with van der Waals surface area (Å²) in [6, 6.07) is 4.56. The van der Waals surface area contributed by atoms with Gasteiger partial charge in [-0.05, 0) is 19.1 Å². The highest BCUT2D eigenvalue weighted by atomic mass is 19.1. The molecule has 1 rings (SSSR count). The Balaban J connectivity index is 3.36. The lowest BCUT2D eigenvalue weighted by Crippen LogP contribution is -2.20. The minimum Gasteiger partial charge on any atom is -0.495 e. The first kappa shape index (κ1) is 14.4. The van der Waals surface area contributed by atoms with Crippen LogP contribution < -0.4 is 4.74 Å². The number of ether oxygens (including phenoxy) is 3. The molecule has 5 heteroatoms. The Kier molecular flexibility index (Phi) is 5.08. The molecule has 0 saturated heterocycles. The van der Waals surface area contributed by atoms with E-state index < -0.39 is 11.9 Å². The van der Waals surface area contributed by atoms with Crippen LogP contribution in [0.2, 0.25) is 0 Å². The summed E-state index contributed by atoms with van der Waals surface area (Å²) in [5.74, 6) is -0.425. The molecular weight excluding hydrogens is 237 g/mol. The first-order valence-corrected chi connectivity index (χ1v) is 5.42. The van der Waals surface area contributed by atoms with E-state index in [-0.39, 0.29) is 17.4 Å². The van der Waals surface area contributed by atoms with Gasteiger partial charge in [0.15, 0.2) is 0 Å². The highest BCUT2D eigenvalue weighted by Crippen LogP contribution is 2.34. The summed E-state index contributed by atoms with van der Waals surface area (Å²) in [4.78, 5) is 0. The Morgan fingerprint density at radius 2 is 1.89 bits per heavy atom. The number of halogens is 1. The lowest BCUT2D eigenvalue weighted by molar-refractivity contribution is -0.0287. The van der Waals surface area contributed by atoms with Crippen LogP contribution in [-0.2, 0) is 9.47 Å². The van der Waals surface area contributed by atoms with Crippen LogP contribution in [0.5, 0.6) is 5.75 Å². The van der Waals surface area contributed by atoms with Crippen molar-refractivity contribution >= 4 is 0 Å². The van der Waals surface area contributed by atoms with Crippen LogP contribution in [0.4, 0.5) is 4.39 Å². The third-order valence-electron chi connectivity index (χ3n) is 2.81. The minimum absolute atomic E-state index is 0.125. The number of nitrogens with zero attached hydrogens (tertiary/aromatic N) is 1. The summed E-state index contributed by atoms with van der Waals surface area (Å²) >= 11 is 0. The molecular formula is C13H16FNO3. The SMILES string of the molecule is COc1c([C@H](OC)C(C)OC)ccc(F)c1C#N. The number of methoxy groups -OCH3 is 3. The second-order valence-corrected chi connectivity index (χ2v) is 3.75. The second kappa shape index (κ2) is 6.34. The fraction of sp³-hybridized carbons (Fsp3) is 0.462. The molecule has 0 bridgehead atoms. The molecule has 0 heterocycles. The van der Waals surface area contributed by atoms with Crippen molar-refractivity contribution in [2.24, 2.45) is 0 Å². The molecule has 0 aliphatic rings. The molecule has 0 amide bonds. The molecule has 1 aromatic carbocycles. The second-order valence-electron chi connectivity index (χ2n) is 3.75. The van der Waals surface area contributed by atoms with Crippen molar-refractivity contribution in [2.45, 2.75) is 19.1 Å². The first-order chi connectivity index (χ1) is 8.60. The average molecular weight is 253 g/mol. The summed E-state index contributed by atoms with van der Waals surface area (Å²) in [5, 5.41) is 8.96. The van der Waals surface area contributed by atoms with Gasteiger partial charge in [-0.3, -0.25) is 0 Å². The van der Waals surface area contributed by atoms with Crippen LogP contribution in [0.15, 0.2) is 12.1 Å². The fourth-order valence-electron chi connectivity index (χ4n) is 1.82. The highest BCUT2D eigenvalue weighted by molar-refractivity contribution is 5.50. The fourth-order valence-corrected chi connectivity index (χ4v) is 1.82. The summed E-state index contributed by atoms with van der Waals surface area (Å²) in [5.41, 5.74) is 0.465. The normalized spacial score (nSPS) is 13.8. The quantitative estimate of drug-likeness (QED) is 0.808. The lowest BCUT2D eigenvalue weighted by atomic mass is 10.0. The monoisotopic (exact) mass is 253 g/mol. The Morgan fingerprint density at radius 3 is 2.33 bits per heavy atom. The van der Waals surface area contributed by atoms with E-state index in [1.54, 1.807) is 19.2 Å². The molecule has 0 spiro atoms. The van der Waals surface area contributed by atoms with Crippen LogP contribution in [-0.4, -0.2) is 27.4 Å². The smallest absolute Gasteiger partial charge is 0.145 e. The van der Waals surface area contributed by atoms with Crippen molar-refractivity contribution in [3.63, 3.8) is 0 Å². The van der Waals surface area contributed by atoms with Crippen LogP contribution in [0, 0.1) is 17.1 Å². The van der Waals surface area contributed by atoms with Gasteiger partial charge in [0.05, 0.1) is 13.2 Å². The van der Waals surface area contributed by atoms with Crippen molar-refractivity contribution in [1.29, 1.82) is 5.26 Å². The van der Waals surface area contributed by atoms with E-state index in [9.17, 15) is 4.39 Å². The van der Waals surface area contributed by atoms with Gasteiger partial charge in [-0.25, -0.2) is 4.39 Å². The third kappa shape index (κ3) is 2.61. The zero-order chi connectivity index (χ0) is 13.7. The van der Waals surface area contributed by atoms with Crippen LogP contribution in [0.1, 0.15) is 24.2 Å². The largest absolute Gasteiger partial charge is 0.495 e. The molecule has 0 radical (unpaired) electrons. The minimum atomic E-state index is -0.613. The Labute approximate surface area is 106 Å². The molecule has 0 aliphatic carbocycles. The summed E-state index contributed by atoms with van der Waals surface area (Å²) in [6.07, 6.45) is -0.682. The number of nitriles is 1. The van der Waals surface area contributed by atoms with E-state index in [0.29, 0.717) is 5.56 Å². The standard InChI is InChI=1S/C13H16FNO3/c1-8(16-2)12(17-3)9-5-6-11(14)10(7-15)13(9)18-4/h5-6,8,12H,1-4H3/t8?,12-/m1/s1. The van der Waals surface area contributed by atoms with E-state index in [1.165, 1.54) is 20.3 Å². The molecule has 2 atom stereocenters. The van der Waals surface area contributed by atoms with Gasteiger partial charge in [0.1, 0.15) is 29.3 Å². The van der Waals surface area contributed by atoms with Crippen molar-refractivity contribution in [3.05, 3.63) is 29.1 Å². The molecule has 0 N–H and O–H groups in total. The Hall–Kier alpha value is -1.64. The van der Waals surface area contributed by atoms with Crippen LogP contribution in [0.3, 0.4) is 0 Å². The van der Waals surface area contributed by atoms with E-state index in [4.69, 9.17) is 19.5 Å². The van der Waals surface area contributed by atoms with Gasteiger partial charge in [0, 0.05) is 19.8 Å². The highest BCUT2D eigenvalue weighted by Gasteiger charge is 2.25. The summed E-state index contributed by atoms with van der Waals surface area (Å²) in [6.45, 7) is 1.82. The number of hydrogen-bond donors (Lipinski definition) is 0. The van der Waals surface area contributed by atoms with Gasteiger partial charge in [0.25, 0.3) is 0 Å². The molecule has 18 heavy (non-hydrogen) atoms. The molecule has 0 aromatic heterocycles.